The van der Waals surface area contributed by atoms with Crippen LogP contribution in [0.1, 0.15) is 37.8 Å². The minimum Gasteiger partial charge on any atom is -0.382 e. The maximum Gasteiger partial charge on any atom is 0.0485 e. The molecular weight excluding hydrogens is 210 g/mol. The van der Waals surface area contributed by atoms with Crippen LogP contribution in [0.3, 0.4) is 0 Å². The molecule has 1 atom stereocenters. The van der Waals surface area contributed by atoms with Gasteiger partial charge in [-0.1, -0.05) is 25.1 Å². The average molecular weight is 235 g/mol. The maximum atomic E-state index is 5.42. The van der Waals surface area contributed by atoms with Gasteiger partial charge in [0.1, 0.15) is 0 Å². The summed E-state index contributed by atoms with van der Waals surface area (Å²) in [6.45, 7) is 10.2. The van der Waals surface area contributed by atoms with Crippen LogP contribution in [0.25, 0.3) is 0 Å². The van der Waals surface area contributed by atoms with E-state index >= 15 is 0 Å². The monoisotopic (exact) mass is 235 g/mol. The van der Waals surface area contributed by atoms with Gasteiger partial charge in [-0.25, -0.2) is 0 Å². The normalized spacial score (nSPS) is 12.5. The van der Waals surface area contributed by atoms with E-state index in [0.717, 1.165) is 26.1 Å². The van der Waals surface area contributed by atoms with Crippen LogP contribution in [0.2, 0.25) is 0 Å². The van der Waals surface area contributed by atoms with E-state index in [9.17, 15) is 0 Å². The van der Waals surface area contributed by atoms with Gasteiger partial charge in [-0.05, 0) is 44.7 Å². The van der Waals surface area contributed by atoms with Gasteiger partial charge in [0, 0.05) is 24.9 Å². The van der Waals surface area contributed by atoms with Crippen molar-refractivity contribution in [2.75, 3.05) is 18.5 Å². The molecule has 0 spiro atoms. The number of rotatable bonds is 7. The molecule has 1 aromatic carbocycles. The standard InChI is InChI=1S/C15H25NO/c1-5-14(10-11-17-6-2)16-15-12(3)8-7-9-13(15)4/h7-9,14,16H,5-6,10-11H2,1-4H3. The lowest BCUT2D eigenvalue weighted by Crippen LogP contribution is -2.21. The van der Waals surface area contributed by atoms with E-state index in [2.05, 4.69) is 44.3 Å². The van der Waals surface area contributed by atoms with Crippen molar-refractivity contribution < 1.29 is 4.74 Å². The van der Waals surface area contributed by atoms with Gasteiger partial charge in [-0.2, -0.15) is 0 Å². The van der Waals surface area contributed by atoms with Crippen LogP contribution in [-0.2, 0) is 4.74 Å². The second-order valence-electron chi connectivity index (χ2n) is 4.50. The molecule has 0 aromatic heterocycles. The first kappa shape index (κ1) is 14.0. The van der Waals surface area contributed by atoms with Crippen molar-refractivity contribution in [2.24, 2.45) is 0 Å². The Kier molecular flexibility index (Phi) is 6.06. The van der Waals surface area contributed by atoms with Gasteiger partial charge in [0.25, 0.3) is 0 Å². The summed E-state index contributed by atoms with van der Waals surface area (Å²) in [4.78, 5) is 0. The summed E-state index contributed by atoms with van der Waals surface area (Å²) in [6.07, 6.45) is 2.19. The van der Waals surface area contributed by atoms with Crippen molar-refractivity contribution >= 4 is 5.69 Å². The van der Waals surface area contributed by atoms with E-state index in [4.69, 9.17) is 4.74 Å². The fourth-order valence-electron chi connectivity index (χ4n) is 1.99. The highest BCUT2D eigenvalue weighted by Gasteiger charge is 2.09. The fourth-order valence-corrected chi connectivity index (χ4v) is 1.99. The number of ether oxygens (including phenoxy) is 1. The Morgan fingerprint density at radius 1 is 1.18 bits per heavy atom. The molecule has 0 aliphatic rings. The van der Waals surface area contributed by atoms with E-state index in [-0.39, 0.29) is 0 Å². The van der Waals surface area contributed by atoms with E-state index in [0.29, 0.717) is 6.04 Å². The van der Waals surface area contributed by atoms with Gasteiger partial charge >= 0.3 is 0 Å². The second-order valence-corrected chi connectivity index (χ2v) is 4.50. The number of hydrogen-bond donors (Lipinski definition) is 1. The van der Waals surface area contributed by atoms with Gasteiger partial charge in [0.2, 0.25) is 0 Å². The number of hydrogen-bond acceptors (Lipinski definition) is 2. The number of nitrogens with one attached hydrogen (secondary N) is 1. The number of aryl methyl sites for hydroxylation is 2. The van der Waals surface area contributed by atoms with E-state index in [1.54, 1.807) is 0 Å². The van der Waals surface area contributed by atoms with Gasteiger partial charge in [-0.3, -0.25) is 0 Å². The molecule has 1 rings (SSSR count). The predicted molar refractivity (Wildman–Crippen MR) is 74.7 cm³/mol. The van der Waals surface area contributed by atoms with Crippen molar-refractivity contribution in [1.29, 1.82) is 0 Å². The largest absolute Gasteiger partial charge is 0.382 e. The second kappa shape index (κ2) is 7.33. The van der Waals surface area contributed by atoms with Gasteiger partial charge in [-0.15, -0.1) is 0 Å². The summed E-state index contributed by atoms with van der Waals surface area (Å²) in [6, 6.07) is 6.92. The van der Waals surface area contributed by atoms with Crippen LogP contribution in [0, 0.1) is 13.8 Å². The smallest absolute Gasteiger partial charge is 0.0485 e. The first-order valence-corrected chi connectivity index (χ1v) is 6.59. The molecule has 0 saturated heterocycles. The third kappa shape index (κ3) is 4.39. The van der Waals surface area contributed by atoms with Crippen molar-refractivity contribution in [3.63, 3.8) is 0 Å². The minimum atomic E-state index is 0.501. The van der Waals surface area contributed by atoms with Crippen LogP contribution in [0.15, 0.2) is 18.2 Å². The third-order valence-corrected chi connectivity index (χ3v) is 3.14. The lowest BCUT2D eigenvalue weighted by molar-refractivity contribution is 0.141. The van der Waals surface area contributed by atoms with E-state index < -0.39 is 0 Å². The topological polar surface area (TPSA) is 21.3 Å². The number of para-hydroxylation sites is 1. The van der Waals surface area contributed by atoms with Crippen molar-refractivity contribution in [2.45, 2.75) is 46.6 Å². The molecule has 1 unspecified atom stereocenters. The summed E-state index contributed by atoms with van der Waals surface area (Å²) in [5.41, 5.74) is 3.93. The summed E-state index contributed by atoms with van der Waals surface area (Å²) in [5, 5.41) is 3.64. The summed E-state index contributed by atoms with van der Waals surface area (Å²) in [5.74, 6) is 0. The molecule has 0 aliphatic heterocycles. The molecule has 0 radical (unpaired) electrons. The summed E-state index contributed by atoms with van der Waals surface area (Å²) < 4.78 is 5.42. The maximum absolute atomic E-state index is 5.42. The van der Waals surface area contributed by atoms with Crippen molar-refractivity contribution in [3.8, 4) is 0 Å². The summed E-state index contributed by atoms with van der Waals surface area (Å²) >= 11 is 0. The Bertz CT molecular complexity index is 315. The number of benzene rings is 1. The molecule has 0 amide bonds. The Morgan fingerprint density at radius 2 is 1.82 bits per heavy atom. The zero-order valence-electron chi connectivity index (χ0n) is 11.5. The lowest BCUT2D eigenvalue weighted by Gasteiger charge is -2.21. The highest BCUT2D eigenvalue weighted by Crippen LogP contribution is 2.21. The highest BCUT2D eigenvalue weighted by atomic mass is 16.5. The van der Waals surface area contributed by atoms with Crippen LogP contribution in [0.5, 0.6) is 0 Å². The van der Waals surface area contributed by atoms with Crippen LogP contribution >= 0.6 is 0 Å². The Balaban J connectivity index is 2.60. The lowest BCUT2D eigenvalue weighted by atomic mass is 10.1. The van der Waals surface area contributed by atoms with E-state index in [1.807, 2.05) is 6.92 Å². The molecule has 2 nitrogen and oxygen atoms in total. The predicted octanol–water partition coefficient (Wildman–Crippen LogP) is 3.92. The van der Waals surface area contributed by atoms with Crippen molar-refractivity contribution in [1.82, 2.24) is 0 Å². The molecule has 17 heavy (non-hydrogen) atoms. The van der Waals surface area contributed by atoms with E-state index in [1.165, 1.54) is 16.8 Å². The quantitative estimate of drug-likeness (QED) is 0.723. The Labute approximate surface area is 105 Å². The summed E-state index contributed by atoms with van der Waals surface area (Å²) in [7, 11) is 0. The first-order valence-electron chi connectivity index (χ1n) is 6.59. The molecule has 0 aliphatic carbocycles. The Hall–Kier alpha value is -1.02. The van der Waals surface area contributed by atoms with Gasteiger partial charge in [0.05, 0.1) is 0 Å². The fraction of sp³-hybridized carbons (Fsp3) is 0.600. The molecule has 0 saturated carbocycles. The molecule has 0 fully saturated rings. The van der Waals surface area contributed by atoms with Gasteiger partial charge < -0.3 is 10.1 Å². The van der Waals surface area contributed by atoms with Crippen molar-refractivity contribution in [3.05, 3.63) is 29.3 Å². The minimum absolute atomic E-state index is 0.501. The average Bonchev–Trinajstić information content (AvgIpc) is 2.32. The zero-order chi connectivity index (χ0) is 12.7. The van der Waals surface area contributed by atoms with Crippen LogP contribution in [0.4, 0.5) is 5.69 Å². The van der Waals surface area contributed by atoms with Gasteiger partial charge in [0.15, 0.2) is 0 Å². The van der Waals surface area contributed by atoms with Crippen LogP contribution in [-0.4, -0.2) is 19.3 Å². The molecule has 96 valence electrons. The molecular formula is C15H25NO. The highest BCUT2D eigenvalue weighted by molar-refractivity contribution is 5.57. The first-order chi connectivity index (χ1) is 8.19. The Morgan fingerprint density at radius 3 is 2.35 bits per heavy atom. The molecule has 1 N–H and O–H groups in total. The molecule has 2 heteroatoms. The molecule has 0 bridgehead atoms. The molecule has 1 aromatic rings. The molecule has 0 heterocycles. The zero-order valence-corrected chi connectivity index (χ0v) is 11.5. The number of anilines is 1. The SMILES string of the molecule is CCOCCC(CC)Nc1c(C)cccc1C. The van der Waals surface area contributed by atoms with Crippen LogP contribution < -0.4 is 5.32 Å². The third-order valence-electron chi connectivity index (χ3n) is 3.14.